The molecule has 0 unspecified atom stereocenters. The van der Waals surface area contributed by atoms with Crippen molar-refractivity contribution >= 4 is 5.91 Å². The molecule has 5 nitrogen and oxygen atoms in total. The average Bonchev–Trinajstić information content (AvgIpc) is 3.23. The molecule has 0 aliphatic carbocycles. The lowest BCUT2D eigenvalue weighted by molar-refractivity contribution is 0.0942. The number of rotatable bonds is 6. The molecule has 7 heteroatoms. The zero-order chi connectivity index (χ0) is 21.8. The van der Waals surface area contributed by atoms with Gasteiger partial charge in [-0.2, -0.15) is 0 Å². The van der Waals surface area contributed by atoms with Crippen molar-refractivity contribution in [2.24, 2.45) is 0 Å². The van der Waals surface area contributed by atoms with Crippen LogP contribution in [-0.4, -0.2) is 67.0 Å². The van der Waals surface area contributed by atoms with Gasteiger partial charge >= 0.3 is 0 Å². The third-order valence-electron chi connectivity index (χ3n) is 5.66. The molecule has 0 spiro atoms. The maximum absolute atomic E-state index is 13.7. The van der Waals surface area contributed by atoms with Gasteiger partial charge in [-0.15, -0.1) is 0 Å². The van der Waals surface area contributed by atoms with Crippen LogP contribution in [0.15, 0.2) is 54.6 Å². The summed E-state index contributed by atoms with van der Waals surface area (Å²) in [5.74, 6) is -2.02. The number of piperazine rings is 1. The first-order chi connectivity index (χ1) is 15.0. The van der Waals surface area contributed by atoms with Gasteiger partial charge in [0.25, 0.3) is 5.91 Å². The molecule has 0 radical (unpaired) electrons. The van der Waals surface area contributed by atoms with Crippen LogP contribution in [0, 0.1) is 11.6 Å². The van der Waals surface area contributed by atoms with Crippen molar-refractivity contribution in [2.45, 2.75) is 0 Å². The summed E-state index contributed by atoms with van der Waals surface area (Å²) in [6.07, 6.45) is 0. The predicted molar refractivity (Wildman–Crippen MR) is 118 cm³/mol. The summed E-state index contributed by atoms with van der Waals surface area (Å²) in [7, 11) is 2.11. The van der Waals surface area contributed by atoms with Crippen LogP contribution in [0.4, 0.5) is 8.78 Å². The largest absolute Gasteiger partial charge is 0.354 e. The number of carbonyl (C=O) groups excluding carboxylic acids is 1. The summed E-state index contributed by atoms with van der Waals surface area (Å²) < 4.78 is 27.1. The molecular formula is C24H26F2N4O. The summed E-state index contributed by atoms with van der Waals surface area (Å²) in [6.45, 7) is 5.38. The summed E-state index contributed by atoms with van der Waals surface area (Å²) in [5, 5.41) is 3.00. The molecule has 3 aromatic rings. The van der Waals surface area contributed by atoms with Crippen molar-refractivity contribution in [3.05, 3.63) is 71.8 Å². The first kappa shape index (κ1) is 21.2. The fourth-order valence-corrected chi connectivity index (χ4v) is 3.78. The normalized spacial score (nSPS) is 15.2. The fraction of sp³-hybridized carbons (Fsp3) is 0.292. The Balaban J connectivity index is 1.54. The first-order valence-corrected chi connectivity index (χ1v) is 10.4. The zero-order valence-electron chi connectivity index (χ0n) is 17.5. The quantitative estimate of drug-likeness (QED) is 0.636. The molecule has 162 valence electrons. The third kappa shape index (κ3) is 5.00. The zero-order valence-corrected chi connectivity index (χ0v) is 17.5. The highest BCUT2D eigenvalue weighted by Crippen LogP contribution is 2.29. The maximum Gasteiger partial charge on any atom is 0.253 e. The van der Waals surface area contributed by atoms with Gasteiger partial charge in [-0.3, -0.25) is 9.69 Å². The number of carbonyl (C=O) groups is 1. The van der Waals surface area contributed by atoms with Crippen LogP contribution in [0.1, 0.15) is 10.4 Å². The molecule has 1 saturated heterocycles. The molecule has 0 atom stereocenters. The summed E-state index contributed by atoms with van der Waals surface area (Å²) >= 11 is 0. The number of amides is 1. The topological polar surface area (TPSA) is 51.4 Å². The molecule has 4 rings (SSSR count). The molecule has 2 heterocycles. The SMILES string of the molecule is CN1CCN(CCNC(=O)c2cc(-c3ccc(F)c(F)c3)[nH]c2-c2ccccc2)CC1. The van der Waals surface area contributed by atoms with Gasteiger partial charge in [0.1, 0.15) is 0 Å². The van der Waals surface area contributed by atoms with Crippen molar-refractivity contribution in [3.8, 4) is 22.5 Å². The molecule has 1 aromatic heterocycles. The van der Waals surface area contributed by atoms with E-state index in [0.717, 1.165) is 50.4 Å². The van der Waals surface area contributed by atoms with E-state index in [9.17, 15) is 13.6 Å². The van der Waals surface area contributed by atoms with Crippen LogP contribution in [0.5, 0.6) is 0 Å². The van der Waals surface area contributed by atoms with E-state index in [-0.39, 0.29) is 5.91 Å². The molecule has 31 heavy (non-hydrogen) atoms. The highest BCUT2D eigenvalue weighted by molar-refractivity contribution is 6.01. The Morgan fingerprint density at radius 2 is 1.71 bits per heavy atom. The van der Waals surface area contributed by atoms with Gasteiger partial charge in [-0.25, -0.2) is 8.78 Å². The number of hydrogen-bond donors (Lipinski definition) is 2. The van der Waals surface area contributed by atoms with Crippen LogP contribution < -0.4 is 5.32 Å². The smallest absolute Gasteiger partial charge is 0.253 e. The second kappa shape index (κ2) is 9.41. The molecule has 2 N–H and O–H groups in total. The number of nitrogens with one attached hydrogen (secondary N) is 2. The van der Waals surface area contributed by atoms with Gasteiger partial charge in [-0.05, 0) is 36.9 Å². The van der Waals surface area contributed by atoms with Crippen molar-refractivity contribution in [1.29, 1.82) is 0 Å². The lowest BCUT2D eigenvalue weighted by Gasteiger charge is -2.32. The number of H-pyrrole nitrogens is 1. The Kier molecular flexibility index (Phi) is 6.44. The predicted octanol–water partition coefficient (Wildman–Crippen LogP) is 3.60. The monoisotopic (exact) mass is 424 g/mol. The van der Waals surface area contributed by atoms with Gasteiger partial charge in [-0.1, -0.05) is 30.3 Å². The van der Waals surface area contributed by atoms with E-state index >= 15 is 0 Å². The van der Waals surface area contributed by atoms with E-state index in [1.807, 2.05) is 30.3 Å². The minimum Gasteiger partial charge on any atom is -0.354 e. The molecule has 0 bridgehead atoms. The molecule has 0 saturated carbocycles. The Hall–Kier alpha value is -3.03. The van der Waals surface area contributed by atoms with Gasteiger partial charge < -0.3 is 15.2 Å². The van der Waals surface area contributed by atoms with Crippen LogP contribution in [0.25, 0.3) is 22.5 Å². The number of aromatic amines is 1. The van der Waals surface area contributed by atoms with Gasteiger partial charge in [0.15, 0.2) is 11.6 Å². The van der Waals surface area contributed by atoms with Crippen molar-refractivity contribution in [1.82, 2.24) is 20.1 Å². The van der Waals surface area contributed by atoms with Gasteiger partial charge in [0.2, 0.25) is 0 Å². The summed E-state index contributed by atoms with van der Waals surface area (Å²) in [4.78, 5) is 20.9. The number of likely N-dealkylation sites (N-methyl/N-ethyl adjacent to an activating group) is 1. The summed E-state index contributed by atoms with van der Waals surface area (Å²) in [5.41, 5.74) is 3.01. The van der Waals surface area contributed by atoms with Gasteiger partial charge in [0.05, 0.1) is 11.3 Å². The Morgan fingerprint density at radius 1 is 0.968 bits per heavy atom. The highest BCUT2D eigenvalue weighted by Gasteiger charge is 2.19. The van der Waals surface area contributed by atoms with E-state index in [1.165, 1.54) is 6.07 Å². The lowest BCUT2D eigenvalue weighted by atomic mass is 10.1. The number of hydrogen-bond acceptors (Lipinski definition) is 3. The van der Waals surface area contributed by atoms with E-state index in [0.29, 0.717) is 29.1 Å². The van der Waals surface area contributed by atoms with Crippen molar-refractivity contribution in [3.63, 3.8) is 0 Å². The molecule has 1 amide bonds. The number of nitrogens with zero attached hydrogens (tertiary/aromatic N) is 2. The molecular weight excluding hydrogens is 398 g/mol. The maximum atomic E-state index is 13.7. The molecule has 1 aliphatic heterocycles. The Bertz CT molecular complexity index is 1040. The van der Waals surface area contributed by atoms with Crippen molar-refractivity contribution in [2.75, 3.05) is 46.3 Å². The van der Waals surface area contributed by atoms with E-state index in [2.05, 4.69) is 27.1 Å². The first-order valence-electron chi connectivity index (χ1n) is 10.4. The minimum absolute atomic E-state index is 0.196. The Morgan fingerprint density at radius 3 is 2.42 bits per heavy atom. The molecule has 1 aliphatic rings. The second-order valence-corrected chi connectivity index (χ2v) is 7.87. The molecule has 2 aromatic carbocycles. The summed E-state index contributed by atoms with van der Waals surface area (Å²) in [6, 6.07) is 14.9. The number of benzene rings is 2. The van der Waals surface area contributed by atoms with E-state index in [4.69, 9.17) is 0 Å². The number of aromatic nitrogens is 1. The standard InChI is InChI=1S/C24H26F2N4O/c1-29-11-13-30(14-12-29)10-9-27-24(31)19-16-22(18-7-8-20(25)21(26)15-18)28-23(19)17-5-3-2-4-6-17/h2-8,15-16,28H,9-14H2,1H3,(H,27,31). The molecule has 1 fully saturated rings. The van der Waals surface area contributed by atoms with Crippen LogP contribution >= 0.6 is 0 Å². The minimum atomic E-state index is -0.925. The van der Waals surface area contributed by atoms with E-state index in [1.54, 1.807) is 6.07 Å². The van der Waals surface area contributed by atoms with Gasteiger partial charge in [0, 0.05) is 50.5 Å². The average molecular weight is 424 g/mol. The second-order valence-electron chi connectivity index (χ2n) is 7.87. The third-order valence-corrected chi connectivity index (χ3v) is 5.66. The lowest BCUT2D eigenvalue weighted by Crippen LogP contribution is -2.46. The Labute approximate surface area is 180 Å². The van der Waals surface area contributed by atoms with E-state index < -0.39 is 11.6 Å². The van der Waals surface area contributed by atoms with Crippen LogP contribution in [0.2, 0.25) is 0 Å². The van der Waals surface area contributed by atoms with Crippen LogP contribution in [0.3, 0.4) is 0 Å². The van der Waals surface area contributed by atoms with Crippen LogP contribution in [-0.2, 0) is 0 Å². The highest BCUT2D eigenvalue weighted by atomic mass is 19.2. The number of halogens is 2. The fourth-order valence-electron chi connectivity index (χ4n) is 3.78. The van der Waals surface area contributed by atoms with Crippen molar-refractivity contribution < 1.29 is 13.6 Å².